The third kappa shape index (κ3) is 3.04. The van der Waals surface area contributed by atoms with Gasteiger partial charge < -0.3 is 15.4 Å². The Morgan fingerprint density at radius 3 is 2.95 bits per heavy atom. The summed E-state index contributed by atoms with van der Waals surface area (Å²) in [6.07, 6.45) is 4.38. The smallest absolute Gasteiger partial charge is 0.319 e. The molecule has 0 saturated heterocycles. The minimum absolute atomic E-state index is 0.0255. The van der Waals surface area contributed by atoms with Crippen LogP contribution < -0.4 is 10.6 Å². The van der Waals surface area contributed by atoms with Gasteiger partial charge in [0.2, 0.25) is 0 Å². The third-order valence-corrected chi connectivity index (χ3v) is 3.77. The summed E-state index contributed by atoms with van der Waals surface area (Å²) in [5.41, 5.74) is 0.668. The van der Waals surface area contributed by atoms with Gasteiger partial charge in [0.15, 0.2) is 0 Å². The number of carbonyl (C=O) groups excluding carboxylic acids is 1. The van der Waals surface area contributed by atoms with E-state index >= 15 is 0 Å². The maximum absolute atomic E-state index is 11.9. The maximum Gasteiger partial charge on any atom is 0.319 e. The lowest BCUT2D eigenvalue weighted by atomic mass is 9.64. The van der Waals surface area contributed by atoms with Gasteiger partial charge in [-0.1, -0.05) is 13.8 Å². The molecule has 0 spiro atoms. The van der Waals surface area contributed by atoms with E-state index in [-0.39, 0.29) is 23.6 Å². The fourth-order valence-electron chi connectivity index (χ4n) is 2.38. The molecule has 5 heteroatoms. The lowest BCUT2D eigenvalue weighted by Gasteiger charge is -2.51. The normalized spacial score (nSPS) is 24.4. The minimum Gasteiger partial charge on any atom is -0.378 e. The number of ether oxygens (including phenoxy) is 1. The van der Waals surface area contributed by atoms with Crippen molar-refractivity contribution in [1.29, 1.82) is 0 Å². The molecule has 0 unspecified atom stereocenters. The fourth-order valence-corrected chi connectivity index (χ4v) is 2.38. The number of amides is 2. The van der Waals surface area contributed by atoms with Crippen molar-refractivity contribution in [2.75, 3.05) is 11.9 Å². The van der Waals surface area contributed by atoms with Crippen molar-refractivity contribution >= 4 is 11.7 Å². The molecule has 1 aliphatic rings. The highest BCUT2D eigenvalue weighted by atomic mass is 16.5. The van der Waals surface area contributed by atoms with Crippen LogP contribution in [0.15, 0.2) is 24.5 Å². The van der Waals surface area contributed by atoms with Gasteiger partial charge in [-0.2, -0.15) is 0 Å². The summed E-state index contributed by atoms with van der Waals surface area (Å²) in [6.45, 7) is 6.94. The number of anilines is 1. The quantitative estimate of drug-likeness (QED) is 0.876. The van der Waals surface area contributed by atoms with Crippen LogP contribution in [0.25, 0.3) is 0 Å². The Morgan fingerprint density at radius 1 is 1.58 bits per heavy atom. The average molecular weight is 263 g/mol. The zero-order chi connectivity index (χ0) is 13.9. The van der Waals surface area contributed by atoms with Gasteiger partial charge in [-0.25, -0.2) is 4.79 Å². The van der Waals surface area contributed by atoms with Crippen molar-refractivity contribution in [3.63, 3.8) is 0 Å². The van der Waals surface area contributed by atoms with Crippen LogP contribution in [0.1, 0.15) is 27.2 Å². The van der Waals surface area contributed by atoms with Gasteiger partial charge in [0, 0.05) is 24.3 Å². The summed E-state index contributed by atoms with van der Waals surface area (Å²) in [5, 5.41) is 5.76. The van der Waals surface area contributed by atoms with E-state index < -0.39 is 0 Å². The van der Waals surface area contributed by atoms with Crippen LogP contribution in [0.2, 0.25) is 0 Å². The Balaban J connectivity index is 1.84. The van der Waals surface area contributed by atoms with Crippen LogP contribution in [0, 0.1) is 5.41 Å². The molecular weight excluding hydrogens is 242 g/mol. The second-order valence-electron chi connectivity index (χ2n) is 5.39. The standard InChI is InChI=1S/C14H21N3O2/c1-4-19-12-8-11(14(12,2)3)17-13(18)16-10-6-5-7-15-9-10/h5-7,9,11-12H,4,8H2,1-3H3,(H2,16,17,18)/t11-,12-/m0/s1. The molecule has 2 rings (SSSR count). The van der Waals surface area contributed by atoms with Crippen LogP contribution in [-0.2, 0) is 4.74 Å². The van der Waals surface area contributed by atoms with E-state index in [4.69, 9.17) is 4.74 Å². The van der Waals surface area contributed by atoms with Gasteiger partial charge in [0.05, 0.1) is 18.0 Å². The van der Waals surface area contributed by atoms with Crippen molar-refractivity contribution in [3.8, 4) is 0 Å². The summed E-state index contributed by atoms with van der Waals surface area (Å²) in [5.74, 6) is 0. The molecule has 0 aliphatic heterocycles. The molecule has 19 heavy (non-hydrogen) atoms. The van der Waals surface area contributed by atoms with E-state index in [2.05, 4.69) is 29.5 Å². The highest BCUT2D eigenvalue weighted by Gasteiger charge is 2.49. The molecule has 1 heterocycles. The van der Waals surface area contributed by atoms with Crippen LogP contribution in [0.5, 0.6) is 0 Å². The van der Waals surface area contributed by atoms with Crippen molar-refractivity contribution in [3.05, 3.63) is 24.5 Å². The Kier molecular flexibility index (Phi) is 4.04. The van der Waals surface area contributed by atoms with E-state index in [0.717, 1.165) is 6.42 Å². The molecule has 104 valence electrons. The highest BCUT2D eigenvalue weighted by molar-refractivity contribution is 5.89. The summed E-state index contributed by atoms with van der Waals surface area (Å²) in [4.78, 5) is 15.8. The topological polar surface area (TPSA) is 63.2 Å². The van der Waals surface area contributed by atoms with E-state index in [1.165, 1.54) is 0 Å². The van der Waals surface area contributed by atoms with Gasteiger partial charge in [-0.15, -0.1) is 0 Å². The first-order valence-electron chi connectivity index (χ1n) is 6.63. The second kappa shape index (κ2) is 5.57. The van der Waals surface area contributed by atoms with Gasteiger partial charge in [0.1, 0.15) is 0 Å². The molecule has 2 N–H and O–H groups in total. The minimum atomic E-state index is -0.193. The van der Waals surface area contributed by atoms with Crippen molar-refractivity contribution < 1.29 is 9.53 Å². The number of aromatic nitrogens is 1. The van der Waals surface area contributed by atoms with Gasteiger partial charge >= 0.3 is 6.03 Å². The summed E-state index contributed by atoms with van der Waals surface area (Å²) < 4.78 is 5.64. The molecule has 0 aromatic carbocycles. The molecule has 0 radical (unpaired) electrons. The van der Waals surface area contributed by atoms with Crippen molar-refractivity contribution in [2.45, 2.75) is 39.3 Å². The fraction of sp³-hybridized carbons (Fsp3) is 0.571. The summed E-state index contributed by atoms with van der Waals surface area (Å²) >= 11 is 0. The highest BCUT2D eigenvalue weighted by Crippen LogP contribution is 2.42. The Labute approximate surface area is 113 Å². The molecule has 1 fully saturated rings. The Morgan fingerprint density at radius 2 is 2.37 bits per heavy atom. The number of nitrogens with one attached hydrogen (secondary N) is 2. The molecule has 1 aromatic heterocycles. The third-order valence-electron chi connectivity index (χ3n) is 3.77. The summed E-state index contributed by atoms with van der Waals surface area (Å²) in [7, 11) is 0. The number of rotatable bonds is 4. The SMILES string of the molecule is CCO[C@H]1C[C@H](NC(=O)Nc2cccnc2)C1(C)C. The lowest BCUT2D eigenvalue weighted by molar-refractivity contribution is -0.110. The van der Waals surface area contributed by atoms with Crippen LogP contribution >= 0.6 is 0 Å². The monoisotopic (exact) mass is 263 g/mol. The van der Waals surface area contributed by atoms with Crippen LogP contribution in [0.3, 0.4) is 0 Å². The molecule has 2 atom stereocenters. The van der Waals surface area contributed by atoms with Crippen molar-refractivity contribution in [1.82, 2.24) is 10.3 Å². The predicted octanol–water partition coefficient (Wildman–Crippen LogP) is 2.41. The lowest BCUT2D eigenvalue weighted by Crippen LogP contribution is -2.62. The number of hydrogen-bond donors (Lipinski definition) is 2. The van der Waals surface area contributed by atoms with Crippen LogP contribution in [-0.4, -0.2) is 29.8 Å². The predicted molar refractivity (Wildman–Crippen MR) is 74.0 cm³/mol. The number of hydrogen-bond acceptors (Lipinski definition) is 3. The second-order valence-corrected chi connectivity index (χ2v) is 5.39. The van der Waals surface area contributed by atoms with Gasteiger partial charge in [0.25, 0.3) is 0 Å². The first-order valence-corrected chi connectivity index (χ1v) is 6.63. The number of pyridine rings is 1. The molecular formula is C14H21N3O2. The summed E-state index contributed by atoms with van der Waals surface area (Å²) in [6, 6.07) is 3.54. The number of nitrogens with zero attached hydrogens (tertiary/aromatic N) is 1. The van der Waals surface area contributed by atoms with Gasteiger partial charge in [-0.05, 0) is 25.5 Å². The number of carbonyl (C=O) groups is 1. The molecule has 1 aliphatic carbocycles. The Hall–Kier alpha value is -1.62. The largest absolute Gasteiger partial charge is 0.378 e. The zero-order valence-corrected chi connectivity index (χ0v) is 11.6. The Bertz CT molecular complexity index is 434. The van der Waals surface area contributed by atoms with E-state index in [0.29, 0.717) is 12.3 Å². The average Bonchev–Trinajstić information content (AvgIpc) is 2.39. The molecule has 2 amide bonds. The molecule has 0 bridgehead atoms. The van der Waals surface area contributed by atoms with E-state index in [1.807, 2.05) is 13.0 Å². The van der Waals surface area contributed by atoms with E-state index in [1.54, 1.807) is 18.5 Å². The molecule has 1 aromatic rings. The first-order chi connectivity index (χ1) is 9.04. The molecule has 5 nitrogen and oxygen atoms in total. The van der Waals surface area contributed by atoms with E-state index in [9.17, 15) is 4.79 Å². The first kappa shape index (κ1) is 13.8. The maximum atomic E-state index is 11.9. The zero-order valence-electron chi connectivity index (χ0n) is 11.6. The van der Waals surface area contributed by atoms with Crippen molar-refractivity contribution in [2.24, 2.45) is 5.41 Å². The number of urea groups is 1. The molecule has 1 saturated carbocycles. The van der Waals surface area contributed by atoms with Crippen LogP contribution in [0.4, 0.5) is 10.5 Å². The van der Waals surface area contributed by atoms with Gasteiger partial charge in [-0.3, -0.25) is 4.98 Å².